The van der Waals surface area contributed by atoms with E-state index in [9.17, 15) is 9.90 Å². The molecule has 0 radical (unpaired) electrons. The van der Waals surface area contributed by atoms with Crippen LogP contribution in [0.3, 0.4) is 0 Å². The summed E-state index contributed by atoms with van der Waals surface area (Å²) in [6, 6.07) is 3.15. The Morgan fingerprint density at radius 2 is 2.11 bits per heavy atom. The van der Waals surface area contributed by atoms with Gasteiger partial charge in [-0.2, -0.15) is 0 Å². The molecule has 0 saturated heterocycles. The predicted molar refractivity (Wildman–Crippen MR) is 75.4 cm³/mol. The topological polar surface area (TPSA) is 75.3 Å². The van der Waals surface area contributed by atoms with E-state index in [2.05, 4.69) is 19.2 Å². The number of carboxylic acid groups (broad SMARTS) is 1. The average molecular weight is 271 g/mol. The van der Waals surface area contributed by atoms with Crippen LogP contribution in [0.15, 0.2) is 12.1 Å². The summed E-state index contributed by atoms with van der Waals surface area (Å²) in [5.74, 6) is -0.657. The third kappa shape index (κ3) is 3.29. The lowest BCUT2D eigenvalue weighted by Crippen LogP contribution is -2.26. The second-order valence-electron chi connectivity index (χ2n) is 4.63. The highest BCUT2D eigenvalue weighted by atomic mass is 35.5. The number of hydrogen-bond donors (Lipinski definition) is 3. The summed E-state index contributed by atoms with van der Waals surface area (Å²) in [6.07, 6.45) is 0.886. The maximum Gasteiger partial charge on any atom is 0.337 e. The molecule has 0 bridgehead atoms. The summed E-state index contributed by atoms with van der Waals surface area (Å²) < 4.78 is 0. The molecule has 1 unspecified atom stereocenters. The zero-order valence-electron chi connectivity index (χ0n) is 10.8. The van der Waals surface area contributed by atoms with E-state index in [0.29, 0.717) is 22.3 Å². The molecule has 5 heteroatoms. The van der Waals surface area contributed by atoms with Gasteiger partial charge in [-0.3, -0.25) is 0 Å². The van der Waals surface area contributed by atoms with E-state index in [1.807, 2.05) is 6.92 Å². The fourth-order valence-electron chi connectivity index (χ4n) is 1.87. The number of rotatable bonds is 5. The van der Waals surface area contributed by atoms with Crippen molar-refractivity contribution in [1.29, 1.82) is 0 Å². The molecular weight excluding hydrogens is 252 g/mol. The van der Waals surface area contributed by atoms with E-state index in [-0.39, 0.29) is 11.6 Å². The largest absolute Gasteiger partial charge is 0.478 e. The molecule has 1 aromatic carbocycles. The molecule has 0 heterocycles. The Hall–Kier alpha value is -1.42. The van der Waals surface area contributed by atoms with Crippen molar-refractivity contribution >= 4 is 28.9 Å². The maximum atomic E-state index is 11.2. The third-order valence-corrected chi connectivity index (χ3v) is 3.22. The lowest BCUT2D eigenvalue weighted by Gasteiger charge is -2.24. The Morgan fingerprint density at radius 3 is 2.56 bits per heavy atom. The van der Waals surface area contributed by atoms with Gasteiger partial charge in [-0.1, -0.05) is 32.4 Å². The average Bonchev–Trinajstić information content (AvgIpc) is 2.26. The second-order valence-corrected chi connectivity index (χ2v) is 5.04. The summed E-state index contributed by atoms with van der Waals surface area (Å²) >= 11 is 6.08. The zero-order chi connectivity index (χ0) is 13.9. The molecule has 0 aromatic heterocycles. The molecule has 0 aliphatic carbocycles. The van der Waals surface area contributed by atoms with E-state index in [0.717, 1.165) is 6.42 Å². The fourth-order valence-corrected chi connectivity index (χ4v) is 2.15. The molecule has 0 fully saturated rings. The quantitative estimate of drug-likeness (QED) is 0.716. The van der Waals surface area contributed by atoms with E-state index in [1.54, 1.807) is 6.07 Å². The Labute approximate surface area is 112 Å². The molecule has 100 valence electrons. The normalized spacial score (nSPS) is 12.5. The van der Waals surface area contributed by atoms with Gasteiger partial charge in [-0.15, -0.1) is 0 Å². The number of hydrogen-bond acceptors (Lipinski definition) is 3. The standard InChI is InChI=1S/C13H19ClN2O2/c1-4-11(7(2)3)16-12-9(13(17)18)5-8(15)6-10(12)14/h5-7,11,16H,4,15H2,1-3H3,(H,17,18). The van der Waals surface area contributed by atoms with Gasteiger partial charge in [0, 0.05) is 11.7 Å². The molecule has 4 nitrogen and oxygen atoms in total. The van der Waals surface area contributed by atoms with Crippen LogP contribution in [0.1, 0.15) is 37.6 Å². The van der Waals surface area contributed by atoms with Crippen molar-refractivity contribution in [3.8, 4) is 0 Å². The van der Waals surface area contributed by atoms with E-state index in [4.69, 9.17) is 17.3 Å². The summed E-state index contributed by atoms with van der Waals surface area (Å²) in [7, 11) is 0. The Kier molecular flexibility index (Phi) is 4.84. The van der Waals surface area contributed by atoms with Crippen LogP contribution < -0.4 is 11.1 Å². The number of carboxylic acids is 1. The number of benzene rings is 1. The molecule has 18 heavy (non-hydrogen) atoms. The predicted octanol–water partition coefficient (Wildman–Crippen LogP) is 3.47. The van der Waals surface area contributed by atoms with Crippen LogP contribution in [-0.2, 0) is 0 Å². The number of nitrogens with two attached hydrogens (primary N) is 1. The number of aromatic carboxylic acids is 1. The van der Waals surface area contributed by atoms with Gasteiger partial charge in [0.25, 0.3) is 0 Å². The van der Waals surface area contributed by atoms with Gasteiger partial charge in [0.05, 0.1) is 16.3 Å². The van der Waals surface area contributed by atoms with Crippen molar-refractivity contribution in [3.05, 3.63) is 22.7 Å². The lowest BCUT2D eigenvalue weighted by molar-refractivity contribution is 0.0698. The molecule has 0 aliphatic rings. The van der Waals surface area contributed by atoms with E-state index >= 15 is 0 Å². The molecule has 1 atom stereocenters. The van der Waals surface area contributed by atoms with Gasteiger partial charge in [0.15, 0.2) is 0 Å². The smallest absolute Gasteiger partial charge is 0.337 e. The number of nitrogen functional groups attached to an aromatic ring is 1. The number of halogens is 1. The maximum absolute atomic E-state index is 11.2. The highest BCUT2D eigenvalue weighted by Crippen LogP contribution is 2.31. The molecule has 1 rings (SSSR count). The number of nitrogens with one attached hydrogen (secondary N) is 1. The van der Waals surface area contributed by atoms with Crippen molar-refractivity contribution < 1.29 is 9.90 Å². The van der Waals surface area contributed by atoms with Crippen LogP contribution in [-0.4, -0.2) is 17.1 Å². The van der Waals surface area contributed by atoms with Crippen LogP contribution in [0.5, 0.6) is 0 Å². The van der Waals surface area contributed by atoms with E-state index < -0.39 is 5.97 Å². The second kappa shape index (κ2) is 5.96. The first-order valence-electron chi connectivity index (χ1n) is 5.95. The first-order chi connectivity index (χ1) is 8.36. The molecular formula is C13H19ClN2O2. The Balaban J connectivity index is 3.18. The fraction of sp³-hybridized carbons (Fsp3) is 0.462. The van der Waals surface area contributed by atoms with Gasteiger partial charge in [0.2, 0.25) is 0 Å². The minimum absolute atomic E-state index is 0.110. The van der Waals surface area contributed by atoms with Crippen LogP contribution in [0, 0.1) is 5.92 Å². The van der Waals surface area contributed by atoms with Crippen LogP contribution in [0.4, 0.5) is 11.4 Å². The van der Waals surface area contributed by atoms with Crippen molar-refractivity contribution in [3.63, 3.8) is 0 Å². The molecule has 0 amide bonds. The minimum atomic E-state index is -1.04. The van der Waals surface area contributed by atoms with E-state index in [1.165, 1.54) is 6.07 Å². The summed E-state index contributed by atoms with van der Waals surface area (Å²) in [4.78, 5) is 11.2. The molecule has 0 spiro atoms. The zero-order valence-corrected chi connectivity index (χ0v) is 11.6. The summed E-state index contributed by atoms with van der Waals surface area (Å²) in [5.41, 5.74) is 6.52. The first kappa shape index (κ1) is 14.6. The van der Waals surface area contributed by atoms with Crippen LogP contribution in [0.25, 0.3) is 0 Å². The molecule has 4 N–H and O–H groups in total. The van der Waals surface area contributed by atoms with Crippen LogP contribution in [0.2, 0.25) is 5.02 Å². The highest BCUT2D eigenvalue weighted by molar-refractivity contribution is 6.34. The molecule has 1 aromatic rings. The minimum Gasteiger partial charge on any atom is -0.478 e. The number of anilines is 2. The van der Waals surface area contributed by atoms with Crippen molar-refractivity contribution in [2.45, 2.75) is 33.2 Å². The van der Waals surface area contributed by atoms with Gasteiger partial charge >= 0.3 is 5.97 Å². The summed E-state index contributed by atoms with van der Waals surface area (Å²) in [5, 5.41) is 12.7. The van der Waals surface area contributed by atoms with Crippen LogP contribution >= 0.6 is 11.6 Å². The lowest BCUT2D eigenvalue weighted by atomic mass is 10.0. The first-order valence-corrected chi connectivity index (χ1v) is 6.33. The third-order valence-electron chi connectivity index (χ3n) is 2.92. The van der Waals surface area contributed by atoms with Gasteiger partial charge in [0.1, 0.15) is 0 Å². The van der Waals surface area contributed by atoms with Gasteiger partial charge in [-0.05, 0) is 24.5 Å². The van der Waals surface area contributed by atoms with Gasteiger partial charge < -0.3 is 16.2 Å². The Bertz CT molecular complexity index is 447. The molecule has 0 saturated carbocycles. The highest BCUT2D eigenvalue weighted by Gasteiger charge is 2.19. The Morgan fingerprint density at radius 1 is 1.50 bits per heavy atom. The number of carbonyl (C=O) groups is 1. The summed E-state index contributed by atoms with van der Waals surface area (Å²) in [6.45, 7) is 6.20. The van der Waals surface area contributed by atoms with Crippen molar-refractivity contribution in [2.75, 3.05) is 11.1 Å². The monoisotopic (exact) mass is 270 g/mol. The molecule has 0 aliphatic heterocycles. The van der Waals surface area contributed by atoms with Crippen molar-refractivity contribution in [1.82, 2.24) is 0 Å². The van der Waals surface area contributed by atoms with Gasteiger partial charge in [-0.25, -0.2) is 4.79 Å². The SMILES string of the molecule is CCC(Nc1c(Cl)cc(N)cc1C(=O)O)C(C)C. The van der Waals surface area contributed by atoms with Crippen molar-refractivity contribution in [2.24, 2.45) is 5.92 Å².